The van der Waals surface area contributed by atoms with Crippen molar-refractivity contribution in [2.75, 3.05) is 20.6 Å². The van der Waals surface area contributed by atoms with Crippen molar-refractivity contribution in [1.29, 1.82) is 0 Å². The van der Waals surface area contributed by atoms with E-state index in [9.17, 15) is 4.79 Å². The lowest BCUT2D eigenvalue weighted by Crippen LogP contribution is -2.54. The van der Waals surface area contributed by atoms with Crippen LogP contribution in [0.5, 0.6) is 0 Å². The Bertz CT molecular complexity index is 788. The number of hydrogen-bond acceptors (Lipinski definition) is 2. The predicted octanol–water partition coefficient (Wildman–Crippen LogP) is 5.80. The van der Waals surface area contributed by atoms with Crippen LogP contribution in [0.3, 0.4) is 0 Å². The maximum Gasteiger partial charge on any atom is 0.251 e. The highest BCUT2D eigenvalue weighted by Crippen LogP contribution is 2.40. The van der Waals surface area contributed by atoms with E-state index in [4.69, 9.17) is 23.2 Å². The largest absolute Gasteiger partial charge is 0.350 e. The number of nitrogens with one attached hydrogen (secondary N) is 1. The first kappa shape index (κ1) is 23.0. The van der Waals surface area contributed by atoms with E-state index in [0.29, 0.717) is 28.1 Å². The van der Waals surface area contributed by atoms with Crippen LogP contribution < -0.4 is 5.32 Å². The van der Waals surface area contributed by atoms with Crippen LogP contribution in [-0.4, -0.2) is 37.0 Å². The molecular weight excluding hydrogens is 415 g/mol. The van der Waals surface area contributed by atoms with Crippen LogP contribution in [0, 0.1) is 0 Å². The van der Waals surface area contributed by atoms with Crippen molar-refractivity contribution < 1.29 is 4.79 Å². The van der Waals surface area contributed by atoms with E-state index in [1.807, 2.05) is 0 Å². The van der Waals surface area contributed by atoms with Gasteiger partial charge >= 0.3 is 0 Å². The molecule has 6 heteroatoms. The number of carbonyl (C=O) groups is 1. The second kappa shape index (κ2) is 9.98. The maximum atomic E-state index is 12.6. The average molecular weight is 442 g/mol. The van der Waals surface area contributed by atoms with E-state index in [2.05, 4.69) is 54.6 Å². The first-order valence-electron chi connectivity index (χ1n) is 9.37. The lowest BCUT2D eigenvalue weighted by molar-refractivity contribution is 0.0769. The van der Waals surface area contributed by atoms with E-state index < -0.39 is 0 Å². The average Bonchev–Trinajstić information content (AvgIpc) is 2.69. The molecule has 1 aliphatic rings. The number of benzene rings is 2. The standard InChI is InChI=1S/C22H26Cl2N2O.ClH/c1-26(2)22(12-10-17(11-13-22)16-6-4-3-5-7-16)15-25-21(27)18-8-9-19(23)20(24)14-18;/h3-9,14,17H,10-13,15H2,1-2H3,(H,25,27);1H. The van der Waals surface area contributed by atoms with Crippen LogP contribution >= 0.6 is 35.6 Å². The molecule has 1 fully saturated rings. The Kier molecular flexibility index (Phi) is 8.20. The summed E-state index contributed by atoms with van der Waals surface area (Å²) < 4.78 is 0. The summed E-state index contributed by atoms with van der Waals surface area (Å²) in [5.41, 5.74) is 1.94. The molecule has 2 aromatic rings. The molecule has 28 heavy (non-hydrogen) atoms. The molecule has 0 saturated heterocycles. The molecule has 0 aromatic heterocycles. The smallest absolute Gasteiger partial charge is 0.251 e. The Morgan fingerprint density at radius 1 is 1.07 bits per heavy atom. The van der Waals surface area contributed by atoms with Crippen molar-refractivity contribution in [1.82, 2.24) is 10.2 Å². The lowest BCUT2D eigenvalue weighted by Gasteiger charge is -2.45. The minimum absolute atomic E-state index is 0. The highest BCUT2D eigenvalue weighted by molar-refractivity contribution is 6.42. The molecule has 0 radical (unpaired) electrons. The van der Waals surface area contributed by atoms with E-state index in [1.165, 1.54) is 5.56 Å². The van der Waals surface area contributed by atoms with Gasteiger partial charge in [0.1, 0.15) is 0 Å². The number of carbonyl (C=O) groups excluding carboxylic acids is 1. The third-order valence-corrected chi connectivity index (χ3v) is 6.63. The third kappa shape index (κ3) is 5.21. The van der Waals surface area contributed by atoms with E-state index in [-0.39, 0.29) is 23.9 Å². The van der Waals surface area contributed by atoms with Crippen LogP contribution in [0.15, 0.2) is 48.5 Å². The second-order valence-corrected chi connectivity index (χ2v) is 8.43. The first-order chi connectivity index (χ1) is 12.9. The van der Waals surface area contributed by atoms with Crippen molar-refractivity contribution in [3.05, 3.63) is 69.7 Å². The van der Waals surface area contributed by atoms with Gasteiger partial charge in [-0.15, -0.1) is 12.4 Å². The number of hydrogen-bond donors (Lipinski definition) is 1. The van der Waals surface area contributed by atoms with Gasteiger partial charge in [-0.05, 0) is 69.5 Å². The molecule has 0 unspecified atom stereocenters. The Hall–Kier alpha value is -1.26. The molecule has 0 aliphatic heterocycles. The Balaban J connectivity index is 0.00000280. The Labute approximate surface area is 183 Å². The van der Waals surface area contributed by atoms with Crippen LogP contribution in [0.1, 0.15) is 47.5 Å². The molecule has 0 atom stereocenters. The lowest BCUT2D eigenvalue weighted by atomic mass is 9.73. The van der Waals surface area contributed by atoms with E-state index >= 15 is 0 Å². The van der Waals surface area contributed by atoms with Crippen molar-refractivity contribution in [2.45, 2.75) is 37.1 Å². The number of halogens is 3. The van der Waals surface area contributed by atoms with Crippen molar-refractivity contribution in [3.63, 3.8) is 0 Å². The van der Waals surface area contributed by atoms with Crippen LogP contribution in [0.25, 0.3) is 0 Å². The molecule has 1 saturated carbocycles. The quantitative estimate of drug-likeness (QED) is 0.635. The fourth-order valence-corrected chi connectivity index (χ4v) is 4.28. The van der Waals surface area contributed by atoms with Gasteiger partial charge < -0.3 is 10.2 Å². The molecule has 1 aliphatic carbocycles. The van der Waals surface area contributed by atoms with E-state index in [1.54, 1.807) is 18.2 Å². The highest BCUT2D eigenvalue weighted by Gasteiger charge is 2.37. The Morgan fingerprint density at radius 3 is 2.29 bits per heavy atom. The van der Waals surface area contributed by atoms with E-state index in [0.717, 1.165) is 25.7 Å². The molecule has 0 bridgehead atoms. The zero-order chi connectivity index (χ0) is 19.4. The summed E-state index contributed by atoms with van der Waals surface area (Å²) >= 11 is 12.0. The summed E-state index contributed by atoms with van der Waals surface area (Å²) in [6, 6.07) is 15.7. The van der Waals surface area contributed by atoms with Gasteiger partial charge in [0.15, 0.2) is 0 Å². The van der Waals surface area contributed by atoms with Gasteiger partial charge in [-0.2, -0.15) is 0 Å². The summed E-state index contributed by atoms with van der Waals surface area (Å²) in [6.45, 7) is 0.626. The zero-order valence-electron chi connectivity index (χ0n) is 16.3. The molecule has 0 spiro atoms. The second-order valence-electron chi connectivity index (χ2n) is 7.62. The highest BCUT2D eigenvalue weighted by atomic mass is 35.5. The maximum absolute atomic E-state index is 12.6. The molecule has 1 amide bonds. The van der Waals surface area contributed by atoms with Gasteiger partial charge in [0.25, 0.3) is 5.91 Å². The number of nitrogens with zero attached hydrogens (tertiary/aromatic N) is 1. The first-order valence-corrected chi connectivity index (χ1v) is 10.1. The molecule has 3 rings (SSSR count). The van der Waals surface area contributed by atoms with Gasteiger partial charge in [-0.25, -0.2) is 0 Å². The van der Waals surface area contributed by atoms with Crippen molar-refractivity contribution in [3.8, 4) is 0 Å². The normalized spacial score (nSPS) is 21.8. The van der Waals surface area contributed by atoms with Crippen LogP contribution in [0.2, 0.25) is 10.0 Å². The van der Waals surface area contributed by atoms with Gasteiger partial charge in [-0.1, -0.05) is 53.5 Å². The summed E-state index contributed by atoms with van der Waals surface area (Å²) in [4.78, 5) is 14.8. The monoisotopic (exact) mass is 440 g/mol. The topological polar surface area (TPSA) is 32.3 Å². The molecule has 152 valence electrons. The van der Waals surface area contributed by atoms with Crippen LogP contribution in [0.4, 0.5) is 0 Å². The minimum atomic E-state index is -0.111. The van der Waals surface area contributed by atoms with Gasteiger partial charge in [0, 0.05) is 17.6 Å². The fourth-order valence-electron chi connectivity index (χ4n) is 3.98. The third-order valence-electron chi connectivity index (χ3n) is 5.90. The molecule has 1 N–H and O–H groups in total. The summed E-state index contributed by atoms with van der Waals surface area (Å²) in [5.74, 6) is 0.491. The number of rotatable bonds is 5. The summed E-state index contributed by atoms with van der Waals surface area (Å²) in [5, 5.41) is 3.96. The summed E-state index contributed by atoms with van der Waals surface area (Å²) in [7, 11) is 4.21. The molecule has 3 nitrogen and oxygen atoms in total. The fraction of sp³-hybridized carbons (Fsp3) is 0.409. The van der Waals surface area contributed by atoms with Gasteiger partial charge in [0.05, 0.1) is 10.0 Å². The predicted molar refractivity (Wildman–Crippen MR) is 120 cm³/mol. The summed E-state index contributed by atoms with van der Waals surface area (Å²) in [6.07, 6.45) is 4.37. The zero-order valence-corrected chi connectivity index (χ0v) is 18.6. The van der Waals surface area contributed by atoms with Crippen molar-refractivity contribution >= 4 is 41.5 Å². The Morgan fingerprint density at radius 2 is 1.71 bits per heavy atom. The number of likely N-dealkylation sites (N-methyl/N-ethyl adjacent to an activating group) is 1. The molecule has 2 aromatic carbocycles. The molecule has 0 heterocycles. The minimum Gasteiger partial charge on any atom is -0.350 e. The van der Waals surface area contributed by atoms with Gasteiger partial charge in [-0.3, -0.25) is 4.79 Å². The van der Waals surface area contributed by atoms with Crippen LogP contribution in [-0.2, 0) is 0 Å². The molecular formula is C22H27Cl3N2O. The SMILES string of the molecule is CN(C)C1(CNC(=O)c2ccc(Cl)c(Cl)c2)CCC(c2ccccc2)CC1.Cl. The number of amides is 1. The van der Waals surface area contributed by atoms with Gasteiger partial charge in [0.2, 0.25) is 0 Å². The van der Waals surface area contributed by atoms with Crippen molar-refractivity contribution in [2.24, 2.45) is 0 Å².